The smallest absolute Gasteiger partial charge is 0.262 e. The lowest BCUT2D eigenvalue weighted by molar-refractivity contribution is -0.118. The second-order valence-corrected chi connectivity index (χ2v) is 6.07. The van der Waals surface area contributed by atoms with Crippen LogP contribution in [0, 0.1) is 12.7 Å². The first-order chi connectivity index (χ1) is 10.9. The number of benzene rings is 1. The number of ether oxygens (including phenoxy) is 1. The summed E-state index contributed by atoms with van der Waals surface area (Å²) in [6, 6.07) is 5.35. The summed E-state index contributed by atoms with van der Waals surface area (Å²) in [7, 11) is 0. The summed E-state index contributed by atoms with van der Waals surface area (Å²) >= 11 is 1.31. The fourth-order valence-electron chi connectivity index (χ4n) is 2.20. The number of rotatable bonds is 6. The van der Waals surface area contributed by atoms with Crippen LogP contribution in [0.2, 0.25) is 0 Å². The average Bonchev–Trinajstić information content (AvgIpc) is 2.82. The van der Waals surface area contributed by atoms with E-state index in [0.717, 1.165) is 10.4 Å². The highest BCUT2D eigenvalue weighted by atomic mass is 32.1. The van der Waals surface area contributed by atoms with Crippen molar-refractivity contribution in [3.05, 3.63) is 46.1 Å². The number of primary amides is 1. The zero-order valence-electron chi connectivity index (χ0n) is 12.8. The Morgan fingerprint density at radius 3 is 2.52 bits per heavy atom. The molecule has 0 aliphatic heterocycles. The van der Waals surface area contributed by atoms with Crippen molar-refractivity contribution < 1.29 is 18.7 Å². The third-order valence-electron chi connectivity index (χ3n) is 3.25. The number of hydrogen-bond donors (Lipinski definition) is 2. The Balaban J connectivity index is 2.05. The molecule has 2 aromatic rings. The highest BCUT2D eigenvalue weighted by molar-refractivity contribution is 7.16. The first-order valence-corrected chi connectivity index (χ1v) is 7.84. The van der Waals surface area contributed by atoms with Gasteiger partial charge in [0.2, 0.25) is 0 Å². The van der Waals surface area contributed by atoms with Gasteiger partial charge in [-0.15, -0.1) is 11.3 Å². The number of carbonyl (C=O) groups excluding carboxylic acids is 2. The first kappa shape index (κ1) is 17.0. The summed E-state index contributed by atoms with van der Waals surface area (Å²) in [4.78, 5) is 24.5. The van der Waals surface area contributed by atoms with Crippen molar-refractivity contribution >= 4 is 28.2 Å². The quantitative estimate of drug-likeness (QED) is 0.851. The molecule has 1 heterocycles. The van der Waals surface area contributed by atoms with Gasteiger partial charge in [0.1, 0.15) is 16.6 Å². The second-order valence-electron chi connectivity index (χ2n) is 4.85. The maximum absolute atomic E-state index is 12.8. The van der Waals surface area contributed by atoms with E-state index in [1.54, 1.807) is 0 Å². The van der Waals surface area contributed by atoms with Crippen LogP contribution in [0.3, 0.4) is 0 Å². The van der Waals surface area contributed by atoms with E-state index >= 15 is 0 Å². The lowest BCUT2D eigenvalue weighted by Crippen LogP contribution is -2.22. The van der Waals surface area contributed by atoms with Crippen LogP contribution in [0.15, 0.2) is 24.3 Å². The van der Waals surface area contributed by atoms with Gasteiger partial charge in [-0.05, 0) is 43.2 Å². The predicted octanol–water partition coefficient (Wildman–Crippen LogP) is 2.87. The molecule has 5 nitrogen and oxygen atoms in total. The number of anilines is 1. The summed E-state index contributed by atoms with van der Waals surface area (Å²) in [5.41, 5.74) is 6.61. The lowest BCUT2D eigenvalue weighted by Gasteiger charge is -2.07. The van der Waals surface area contributed by atoms with E-state index in [0.29, 0.717) is 22.7 Å². The summed E-state index contributed by atoms with van der Waals surface area (Å²) in [6.45, 7) is 3.55. The Morgan fingerprint density at radius 2 is 1.96 bits per heavy atom. The highest BCUT2D eigenvalue weighted by Crippen LogP contribution is 2.33. The normalized spacial score (nSPS) is 10.4. The van der Waals surface area contributed by atoms with Crippen LogP contribution < -0.4 is 15.8 Å². The summed E-state index contributed by atoms with van der Waals surface area (Å²) in [5.74, 6) is -0.982. The van der Waals surface area contributed by atoms with Crippen molar-refractivity contribution in [1.29, 1.82) is 0 Å². The van der Waals surface area contributed by atoms with Gasteiger partial charge in [-0.25, -0.2) is 4.39 Å². The molecule has 2 rings (SSSR count). The number of halogens is 1. The topological polar surface area (TPSA) is 81.4 Å². The molecule has 0 unspecified atom stereocenters. The van der Waals surface area contributed by atoms with E-state index in [4.69, 9.17) is 10.5 Å². The van der Waals surface area contributed by atoms with Gasteiger partial charge in [-0.1, -0.05) is 6.92 Å². The fraction of sp³-hybridized carbons (Fsp3) is 0.250. The van der Waals surface area contributed by atoms with Gasteiger partial charge in [-0.3, -0.25) is 9.59 Å². The summed E-state index contributed by atoms with van der Waals surface area (Å²) in [5, 5.41) is 3.08. The van der Waals surface area contributed by atoms with Gasteiger partial charge in [-0.2, -0.15) is 0 Å². The molecule has 3 N–H and O–H groups in total. The second kappa shape index (κ2) is 7.23. The zero-order valence-corrected chi connectivity index (χ0v) is 13.6. The molecule has 0 fully saturated rings. The lowest BCUT2D eigenvalue weighted by atomic mass is 10.1. The molecule has 23 heavy (non-hydrogen) atoms. The molecule has 1 aromatic carbocycles. The molecule has 0 spiro atoms. The number of carbonyl (C=O) groups is 2. The van der Waals surface area contributed by atoms with Crippen LogP contribution in [0.5, 0.6) is 5.75 Å². The van der Waals surface area contributed by atoms with E-state index in [-0.39, 0.29) is 12.4 Å². The largest absolute Gasteiger partial charge is 0.484 e. The van der Waals surface area contributed by atoms with E-state index in [2.05, 4.69) is 5.32 Å². The number of nitrogens with one attached hydrogen (secondary N) is 1. The molecular formula is C16H17FN2O3S. The molecule has 2 amide bonds. The summed E-state index contributed by atoms with van der Waals surface area (Å²) < 4.78 is 18.1. The molecule has 1 aromatic heterocycles. The summed E-state index contributed by atoms with van der Waals surface area (Å²) in [6.07, 6.45) is 0.655. The molecule has 0 saturated carbocycles. The third-order valence-corrected chi connectivity index (χ3v) is 4.31. The maximum atomic E-state index is 12.8. The Kier molecular flexibility index (Phi) is 5.33. The van der Waals surface area contributed by atoms with Crippen molar-refractivity contribution in [2.75, 3.05) is 11.9 Å². The number of thiophene rings is 1. The minimum Gasteiger partial charge on any atom is -0.484 e. The zero-order chi connectivity index (χ0) is 17.0. The Bertz CT molecular complexity index is 726. The Morgan fingerprint density at radius 1 is 1.30 bits per heavy atom. The monoisotopic (exact) mass is 336 g/mol. The Hall–Kier alpha value is -2.41. The fourth-order valence-corrected chi connectivity index (χ4v) is 3.36. The number of aryl methyl sites for hydroxylation is 1. The molecule has 0 aliphatic carbocycles. The van der Waals surface area contributed by atoms with Gasteiger partial charge in [0, 0.05) is 4.88 Å². The predicted molar refractivity (Wildman–Crippen MR) is 87.5 cm³/mol. The molecule has 122 valence electrons. The molecule has 0 bridgehead atoms. The molecule has 0 aliphatic rings. The average molecular weight is 336 g/mol. The first-order valence-electron chi connectivity index (χ1n) is 7.02. The van der Waals surface area contributed by atoms with Crippen LogP contribution in [0.1, 0.15) is 27.7 Å². The van der Waals surface area contributed by atoms with Crippen molar-refractivity contribution in [2.45, 2.75) is 20.3 Å². The molecular weight excluding hydrogens is 319 g/mol. The van der Waals surface area contributed by atoms with E-state index in [1.807, 2.05) is 13.8 Å². The highest BCUT2D eigenvalue weighted by Gasteiger charge is 2.20. The minimum absolute atomic E-state index is 0.248. The molecule has 7 heteroatoms. The SMILES string of the molecule is CCc1c(C)sc(NC(=O)COc2ccc(F)cc2)c1C(N)=O. The standard InChI is InChI=1S/C16H17FN2O3S/c1-3-12-9(2)23-16(14(12)15(18)21)19-13(20)8-22-11-6-4-10(17)5-7-11/h4-7H,3,8H2,1-2H3,(H2,18,21)(H,19,20). The van der Waals surface area contributed by atoms with Crippen LogP contribution in [0.4, 0.5) is 9.39 Å². The van der Waals surface area contributed by atoms with Gasteiger partial charge in [0.05, 0.1) is 5.56 Å². The van der Waals surface area contributed by atoms with Gasteiger partial charge in [0.25, 0.3) is 11.8 Å². The van der Waals surface area contributed by atoms with Gasteiger partial charge < -0.3 is 15.8 Å². The Labute approximate surface area is 137 Å². The molecule has 0 radical (unpaired) electrons. The van der Waals surface area contributed by atoms with Crippen molar-refractivity contribution in [3.63, 3.8) is 0 Å². The van der Waals surface area contributed by atoms with Crippen LogP contribution in [0.25, 0.3) is 0 Å². The van der Waals surface area contributed by atoms with E-state index < -0.39 is 11.8 Å². The van der Waals surface area contributed by atoms with Crippen molar-refractivity contribution in [3.8, 4) is 5.75 Å². The van der Waals surface area contributed by atoms with Gasteiger partial charge in [0.15, 0.2) is 6.61 Å². The van der Waals surface area contributed by atoms with Crippen LogP contribution in [-0.2, 0) is 11.2 Å². The molecule has 0 atom stereocenters. The number of nitrogens with two attached hydrogens (primary N) is 1. The minimum atomic E-state index is -0.569. The van der Waals surface area contributed by atoms with E-state index in [1.165, 1.54) is 35.6 Å². The number of hydrogen-bond acceptors (Lipinski definition) is 4. The van der Waals surface area contributed by atoms with Crippen molar-refractivity contribution in [1.82, 2.24) is 0 Å². The van der Waals surface area contributed by atoms with Crippen molar-refractivity contribution in [2.24, 2.45) is 5.73 Å². The maximum Gasteiger partial charge on any atom is 0.262 e. The van der Waals surface area contributed by atoms with Gasteiger partial charge >= 0.3 is 0 Å². The number of amides is 2. The van der Waals surface area contributed by atoms with E-state index in [9.17, 15) is 14.0 Å². The molecule has 0 saturated heterocycles. The van der Waals surface area contributed by atoms with Crippen LogP contribution in [-0.4, -0.2) is 18.4 Å². The third kappa shape index (κ3) is 4.07. The van der Waals surface area contributed by atoms with Crippen LogP contribution >= 0.6 is 11.3 Å².